The first-order valence-electron chi connectivity index (χ1n) is 10.5. The number of anilines is 2. The molecule has 3 aromatic rings. The van der Waals surface area contributed by atoms with Crippen molar-refractivity contribution in [2.75, 3.05) is 23.8 Å². The van der Waals surface area contributed by atoms with Crippen molar-refractivity contribution in [3.8, 4) is 11.5 Å². The molecule has 33 heavy (non-hydrogen) atoms. The van der Waals surface area contributed by atoms with Crippen LogP contribution in [0.15, 0.2) is 47.1 Å². The number of hydrogen-bond acceptors (Lipinski definition) is 7. The van der Waals surface area contributed by atoms with E-state index in [9.17, 15) is 18.0 Å². The lowest BCUT2D eigenvalue weighted by Gasteiger charge is -2.16. The second kappa shape index (κ2) is 10.4. The Bertz CT molecular complexity index is 1080. The first kappa shape index (κ1) is 24.1. The van der Waals surface area contributed by atoms with Gasteiger partial charge in [0.15, 0.2) is 5.76 Å². The van der Waals surface area contributed by atoms with Crippen LogP contribution >= 0.6 is 0 Å². The maximum absolute atomic E-state index is 13.1. The van der Waals surface area contributed by atoms with Gasteiger partial charge in [-0.1, -0.05) is 26.0 Å². The number of ether oxygens (including phenoxy) is 1. The second-order valence-electron chi connectivity index (χ2n) is 7.64. The Morgan fingerprint density at radius 3 is 2.58 bits per heavy atom. The quantitative estimate of drug-likeness (QED) is 0.400. The van der Waals surface area contributed by atoms with Gasteiger partial charge in [-0.3, -0.25) is 0 Å². The highest BCUT2D eigenvalue weighted by atomic mass is 19.4. The number of halogens is 3. The van der Waals surface area contributed by atoms with Crippen LogP contribution in [0.3, 0.4) is 0 Å². The monoisotopic (exact) mass is 462 g/mol. The van der Waals surface area contributed by atoms with Gasteiger partial charge in [0.05, 0.1) is 18.4 Å². The zero-order valence-electron chi connectivity index (χ0n) is 18.5. The van der Waals surface area contributed by atoms with Gasteiger partial charge < -0.3 is 19.8 Å². The van der Waals surface area contributed by atoms with E-state index in [-0.39, 0.29) is 36.2 Å². The molecule has 0 aliphatic rings. The topological polar surface area (TPSA) is 89.3 Å². The summed E-state index contributed by atoms with van der Waals surface area (Å²) in [5.74, 6) is 0.321. The van der Waals surface area contributed by atoms with E-state index in [0.29, 0.717) is 23.8 Å². The number of hydrogen-bond donors (Lipinski definition) is 2. The van der Waals surface area contributed by atoms with E-state index in [4.69, 9.17) is 9.15 Å². The van der Waals surface area contributed by atoms with Gasteiger partial charge >= 0.3 is 12.1 Å². The van der Waals surface area contributed by atoms with E-state index in [1.807, 2.05) is 13.8 Å². The van der Waals surface area contributed by atoms with Crippen molar-refractivity contribution >= 4 is 17.7 Å². The summed E-state index contributed by atoms with van der Waals surface area (Å²) in [6, 6.07) is 8.23. The first-order valence-corrected chi connectivity index (χ1v) is 10.5. The SMILES string of the molecule is CCOC(=O)c1c(NCc2cccc(C(F)(F)F)c2)nc(NCC(C)C)nc1-c1ccco1. The van der Waals surface area contributed by atoms with Crippen molar-refractivity contribution in [2.45, 2.75) is 33.5 Å². The fourth-order valence-corrected chi connectivity index (χ4v) is 2.99. The van der Waals surface area contributed by atoms with E-state index >= 15 is 0 Å². The fraction of sp³-hybridized carbons (Fsp3) is 0.348. The molecule has 0 amide bonds. The average molecular weight is 462 g/mol. The molecule has 1 aromatic carbocycles. The lowest BCUT2D eigenvalue weighted by Crippen LogP contribution is -2.18. The minimum Gasteiger partial charge on any atom is -0.463 e. The van der Waals surface area contributed by atoms with Gasteiger partial charge in [0.25, 0.3) is 0 Å². The van der Waals surface area contributed by atoms with E-state index in [0.717, 1.165) is 12.1 Å². The zero-order valence-corrected chi connectivity index (χ0v) is 18.5. The molecule has 0 saturated heterocycles. The van der Waals surface area contributed by atoms with E-state index in [1.165, 1.54) is 12.3 Å². The molecule has 0 radical (unpaired) electrons. The molecule has 0 spiro atoms. The number of furan rings is 1. The third kappa shape index (κ3) is 6.24. The standard InChI is InChI=1S/C23H25F3N4O3/c1-4-32-21(31)18-19(17-9-6-10-33-17)29-22(28-12-14(2)3)30-20(18)27-13-15-7-5-8-16(11-15)23(24,25)26/h5-11,14H,4,12-13H2,1-3H3,(H2,27,28,29,30). The Labute approximate surface area is 189 Å². The lowest BCUT2D eigenvalue weighted by molar-refractivity contribution is -0.137. The summed E-state index contributed by atoms with van der Waals surface area (Å²) >= 11 is 0. The number of rotatable bonds is 9. The number of benzene rings is 1. The molecule has 0 aliphatic carbocycles. The van der Waals surface area contributed by atoms with Crippen LogP contribution in [0.5, 0.6) is 0 Å². The summed E-state index contributed by atoms with van der Waals surface area (Å²) in [5.41, 5.74) is -0.139. The number of carbonyl (C=O) groups is 1. The van der Waals surface area contributed by atoms with E-state index in [2.05, 4.69) is 20.6 Å². The summed E-state index contributed by atoms with van der Waals surface area (Å²) in [7, 11) is 0. The number of nitrogens with one attached hydrogen (secondary N) is 2. The van der Waals surface area contributed by atoms with Crippen molar-refractivity contribution in [3.05, 3.63) is 59.4 Å². The minimum atomic E-state index is -4.46. The van der Waals surface area contributed by atoms with Crippen LogP contribution in [0.1, 0.15) is 42.3 Å². The van der Waals surface area contributed by atoms with Gasteiger partial charge in [-0.05, 0) is 42.7 Å². The van der Waals surface area contributed by atoms with Crippen molar-refractivity contribution in [1.29, 1.82) is 0 Å². The van der Waals surface area contributed by atoms with Gasteiger partial charge in [-0.25, -0.2) is 9.78 Å². The Hall–Kier alpha value is -3.56. The molecule has 0 bridgehead atoms. The molecule has 10 heteroatoms. The van der Waals surface area contributed by atoms with E-state index < -0.39 is 17.7 Å². The van der Waals surface area contributed by atoms with Crippen LogP contribution < -0.4 is 10.6 Å². The van der Waals surface area contributed by atoms with Crippen LogP contribution in [-0.2, 0) is 17.5 Å². The minimum absolute atomic E-state index is 0.00540. The number of nitrogens with zero attached hydrogens (tertiary/aromatic N) is 2. The smallest absolute Gasteiger partial charge is 0.416 e. The molecular weight excluding hydrogens is 437 g/mol. The highest BCUT2D eigenvalue weighted by molar-refractivity contribution is 6.00. The van der Waals surface area contributed by atoms with Crippen LogP contribution in [-0.4, -0.2) is 29.1 Å². The van der Waals surface area contributed by atoms with E-state index in [1.54, 1.807) is 25.1 Å². The van der Waals surface area contributed by atoms with Gasteiger partial charge in [0.2, 0.25) is 5.95 Å². The van der Waals surface area contributed by atoms with Crippen LogP contribution in [0, 0.1) is 5.92 Å². The van der Waals surface area contributed by atoms with Gasteiger partial charge in [0, 0.05) is 13.1 Å². The predicted octanol–water partition coefficient (Wildman–Crippen LogP) is 5.61. The predicted molar refractivity (Wildman–Crippen MR) is 118 cm³/mol. The average Bonchev–Trinajstić information content (AvgIpc) is 3.30. The zero-order chi connectivity index (χ0) is 24.0. The van der Waals surface area contributed by atoms with Crippen molar-refractivity contribution in [3.63, 3.8) is 0 Å². The Balaban J connectivity index is 2.02. The Morgan fingerprint density at radius 1 is 1.15 bits per heavy atom. The normalized spacial score (nSPS) is 11.5. The largest absolute Gasteiger partial charge is 0.463 e. The molecule has 2 N–H and O–H groups in total. The summed E-state index contributed by atoms with van der Waals surface area (Å²) < 4.78 is 49.9. The summed E-state index contributed by atoms with van der Waals surface area (Å²) in [6.07, 6.45) is -3.01. The highest BCUT2D eigenvalue weighted by Gasteiger charge is 2.30. The van der Waals surface area contributed by atoms with Gasteiger partial charge in [0.1, 0.15) is 17.1 Å². The molecule has 2 heterocycles. The number of alkyl halides is 3. The van der Waals surface area contributed by atoms with Crippen molar-refractivity contribution < 1.29 is 27.1 Å². The number of carbonyl (C=O) groups excluding carboxylic acids is 1. The molecule has 7 nitrogen and oxygen atoms in total. The van der Waals surface area contributed by atoms with Gasteiger partial charge in [-0.15, -0.1) is 0 Å². The first-order chi connectivity index (χ1) is 15.7. The molecule has 2 aromatic heterocycles. The van der Waals surface area contributed by atoms with Crippen molar-refractivity contribution in [1.82, 2.24) is 9.97 Å². The fourth-order valence-electron chi connectivity index (χ4n) is 2.99. The van der Waals surface area contributed by atoms with Crippen LogP contribution in [0.2, 0.25) is 0 Å². The summed E-state index contributed by atoms with van der Waals surface area (Å²) in [5, 5.41) is 6.08. The maximum Gasteiger partial charge on any atom is 0.416 e. The van der Waals surface area contributed by atoms with Gasteiger partial charge in [-0.2, -0.15) is 18.2 Å². The summed E-state index contributed by atoms with van der Waals surface area (Å²) in [4.78, 5) is 21.7. The molecule has 0 aliphatic heterocycles. The summed E-state index contributed by atoms with van der Waals surface area (Å²) in [6.45, 7) is 6.38. The Morgan fingerprint density at radius 2 is 1.94 bits per heavy atom. The number of esters is 1. The molecule has 0 atom stereocenters. The molecule has 3 rings (SSSR count). The molecule has 0 saturated carbocycles. The highest BCUT2D eigenvalue weighted by Crippen LogP contribution is 2.31. The maximum atomic E-state index is 13.1. The van der Waals surface area contributed by atoms with Crippen LogP contribution in [0.4, 0.5) is 24.9 Å². The van der Waals surface area contributed by atoms with Crippen LogP contribution in [0.25, 0.3) is 11.5 Å². The molecule has 176 valence electrons. The lowest BCUT2D eigenvalue weighted by atomic mass is 10.1. The molecule has 0 fully saturated rings. The third-order valence-electron chi connectivity index (χ3n) is 4.53. The number of aromatic nitrogens is 2. The van der Waals surface area contributed by atoms with Crippen molar-refractivity contribution in [2.24, 2.45) is 5.92 Å². The third-order valence-corrected chi connectivity index (χ3v) is 4.53. The molecule has 0 unspecified atom stereocenters. The molecular formula is C23H25F3N4O3. The second-order valence-corrected chi connectivity index (χ2v) is 7.64. The Kier molecular flexibility index (Phi) is 7.57.